The molecule has 0 bridgehead atoms. The summed E-state index contributed by atoms with van der Waals surface area (Å²) in [5.74, 6) is 0.957. The van der Waals surface area contributed by atoms with Crippen molar-refractivity contribution in [3.63, 3.8) is 0 Å². The highest BCUT2D eigenvalue weighted by molar-refractivity contribution is 7.10. The molecule has 0 radical (unpaired) electrons. The molecule has 1 atom stereocenters. The summed E-state index contributed by atoms with van der Waals surface area (Å²) in [7, 11) is 0. The summed E-state index contributed by atoms with van der Waals surface area (Å²) in [5, 5.41) is 9.65. The Morgan fingerprint density at radius 3 is 2.89 bits per heavy atom. The molecule has 0 spiro atoms. The van der Waals surface area contributed by atoms with E-state index in [0.29, 0.717) is 6.04 Å². The van der Waals surface area contributed by atoms with E-state index in [1.165, 1.54) is 10.4 Å². The van der Waals surface area contributed by atoms with Gasteiger partial charge in [0.25, 0.3) is 0 Å². The molecule has 0 amide bonds. The van der Waals surface area contributed by atoms with Gasteiger partial charge in [-0.2, -0.15) is 0 Å². The largest absolute Gasteiger partial charge is 0.361 e. The SMILES string of the molecule is Cc1noc(C)c1CCCNC(C)c1cccs1. The van der Waals surface area contributed by atoms with Crippen molar-refractivity contribution in [2.75, 3.05) is 6.54 Å². The summed E-state index contributed by atoms with van der Waals surface area (Å²) in [6.07, 6.45) is 2.14. The van der Waals surface area contributed by atoms with Crippen LogP contribution >= 0.6 is 11.3 Å². The predicted molar refractivity (Wildman–Crippen MR) is 75.0 cm³/mol. The first-order valence-electron chi connectivity index (χ1n) is 6.37. The van der Waals surface area contributed by atoms with Gasteiger partial charge in [0.05, 0.1) is 5.69 Å². The maximum absolute atomic E-state index is 5.16. The Kier molecular flexibility index (Phi) is 4.55. The number of aromatic nitrogens is 1. The third-order valence-corrected chi connectivity index (χ3v) is 4.26. The van der Waals surface area contributed by atoms with E-state index in [9.17, 15) is 0 Å². The fraction of sp³-hybridized carbons (Fsp3) is 0.500. The lowest BCUT2D eigenvalue weighted by Gasteiger charge is -2.11. The van der Waals surface area contributed by atoms with Crippen LogP contribution in [0, 0.1) is 13.8 Å². The van der Waals surface area contributed by atoms with Crippen molar-refractivity contribution in [3.05, 3.63) is 39.4 Å². The summed E-state index contributed by atoms with van der Waals surface area (Å²) in [6, 6.07) is 4.72. The van der Waals surface area contributed by atoms with E-state index in [1.54, 1.807) is 11.3 Å². The number of thiophene rings is 1. The molecule has 2 heterocycles. The smallest absolute Gasteiger partial charge is 0.137 e. The van der Waals surface area contributed by atoms with Crippen LogP contribution < -0.4 is 5.32 Å². The topological polar surface area (TPSA) is 38.1 Å². The van der Waals surface area contributed by atoms with Gasteiger partial charge in [-0.25, -0.2) is 0 Å². The fourth-order valence-electron chi connectivity index (χ4n) is 2.08. The molecule has 0 saturated carbocycles. The van der Waals surface area contributed by atoms with Crippen molar-refractivity contribution < 1.29 is 4.52 Å². The van der Waals surface area contributed by atoms with Crippen LogP contribution in [0.4, 0.5) is 0 Å². The number of hydrogen-bond acceptors (Lipinski definition) is 4. The molecule has 2 rings (SSSR count). The Morgan fingerprint density at radius 2 is 2.28 bits per heavy atom. The van der Waals surface area contributed by atoms with Crippen LogP contribution in [0.3, 0.4) is 0 Å². The number of hydrogen-bond donors (Lipinski definition) is 1. The predicted octanol–water partition coefficient (Wildman–Crippen LogP) is 3.64. The minimum absolute atomic E-state index is 0.440. The van der Waals surface area contributed by atoms with E-state index in [-0.39, 0.29) is 0 Å². The third-order valence-electron chi connectivity index (χ3n) is 3.21. The molecule has 0 saturated heterocycles. The second-order valence-corrected chi connectivity index (χ2v) is 5.58. The first-order chi connectivity index (χ1) is 8.68. The van der Waals surface area contributed by atoms with Gasteiger partial charge in [0.1, 0.15) is 5.76 Å². The molecule has 0 aromatic carbocycles. The minimum Gasteiger partial charge on any atom is -0.361 e. The first-order valence-corrected chi connectivity index (χ1v) is 7.25. The normalized spacial score (nSPS) is 12.8. The molecule has 0 aliphatic rings. The van der Waals surface area contributed by atoms with Gasteiger partial charge in [0, 0.05) is 16.5 Å². The minimum atomic E-state index is 0.440. The van der Waals surface area contributed by atoms with Crippen molar-refractivity contribution in [2.24, 2.45) is 0 Å². The number of nitrogens with one attached hydrogen (secondary N) is 1. The quantitative estimate of drug-likeness (QED) is 0.810. The van der Waals surface area contributed by atoms with E-state index >= 15 is 0 Å². The van der Waals surface area contributed by atoms with Gasteiger partial charge in [-0.05, 0) is 51.6 Å². The zero-order valence-electron chi connectivity index (χ0n) is 11.2. The van der Waals surface area contributed by atoms with Crippen LogP contribution in [0.25, 0.3) is 0 Å². The van der Waals surface area contributed by atoms with Gasteiger partial charge < -0.3 is 9.84 Å². The van der Waals surface area contributed by atoms with Crippen LogP contribution in [-0.2, 0) is 6.42 Å². The zero-order chi connectivity index (χ0) is 13.0. The average Bonchev–Trinajstić information content (AvgIpc) is 2.97. The first kappa shape index (κ1) is 13.3. The summed E-state index contributed by atoms with van der Waals surface area (Å²) in [4.78, 5) is 1.40. The molecular formula is C14H20N2OS. The second-order valence-electron chi connectivity index (χ2n) is 4.60. The zero-order valence-corrected chi connectivity index (χ0v) is 12.0. The maximum Gasteiger partial charge on any atom is 0.137 e. The van der Waals surface area contributed by atoms with Crippen LogP contribution in [0.15, 0.2) is 22.0 Å². The molecule has 18 heavy (non-hydrogen) atoms. The van der Waals surface area contributed by atoms with Gasteiger partial charge in [0.15, 0.2) is 0 Å². The van der Waals surface area contributed by atoms with Gasteiger partial charge >= 0.3 is 0 Å². The summed E-state index contributed by atoms with van der Waals surface area (Å²) in [5.41, 5.74) is 2.29. The lowest BCUT2D eigenvalue weighted by Crippen LogP contribution is -2.19. The van der Waals surface area contributed by atoms with Crippen molar-refractivity contribution in [3.8, 4) is 0 Å². The monoisotopic (exact) mass is 264 g/mol. The highest BCUT2D eigenvalue weighted by Crippen LogP contribution is 2.18. The Balaban J connectivity index is 1.73. The lowest BCUT2D eigenvalue weighted by molar-refractivity contribution is 0.392. The molecule has 98 valence electrons. The van der Waals surface area contributed by atoms with Gasteiger partial charge in [-0.15, -0.1) is 11.3 Å². The van der Waals surface area contributed by atoms with Crippen LogP contribution in [0.2, 0.25) is 0 Å². The molecule has 1 N–H and O–H groups in total. The Labute approximate surface area is 112 Å². The summed E-state index contributed by atoms with van der Waals surface area (Å²) >= 11 is 1.80. The number of rotatable bonds is 6. The molecule has 4 heteroatoms. The van der Waals surface area contributed by atoms with Crippen molar-refractivity contribution in [2.45, 2.75) is 39.7 Å². The highest BCUT2D eigenvalue weighted by atomic mass is 32.1. The molecule has 0 fully saturated rings. The summed E-state index contributed by atoms with van der Waals surface area (Å²) in [6.45, 7) is 7.22. The van der Waals surface area contributed by atoms with Crippen molar-refractivity contribution in [1.29, 1.82) is 0 Å². The molecule has 2 aromatic heterocycles. The van der Waals surface area contributed by atoms with Gasteiger partial charge in [0.2, 0.25) is 0 Å². The van der Waals surface area contributed by atoms with Crippen LogP contribution in [0.5, 0.6) is 0 Å². The van der Waals surface area contributed by atoms with E-state index in [0.717, 1.165) is 30.8 Å². The van der Waals surface area contributed by atoms with Gasteiger partial charge in [-0.3, -0.25) is 0 Å². The van der Waals surface area contributed by atoms with Crippen LogP contribution in [0.1, 0.15) is 41.3 Å². The average molecular weight is 264 g/mol. The van der Waals surface area contributed by atoms with E-state index in [2.05, 4.69) is 34.9 Å². The Morgan fingerprint density at radius 1 is 1.44 bits per heavy atom. The lowest BCUT2D eigenvalue weighted by atomic mass is 10.1. The maximum atomic E-state index is 5.16. The second kappa shape index (κ2) is 6.16. The third kappa shape index (κ3) is 3.21. The van der Waals surface area contributed by atoms with Gasteiger partial charge in [-0.1, -0.05) is 11.2 Å². The van der Waals surface area contributed by atoms with Crippen LogP contribution in [-0.4, -0.2) is 11.7 Å². The molecule has 2 aromatic rings. The highest BCUT2D eigenvalue weighted by Gasteiger charge is 2.09. The molecule has 3 nitrogen and oxygen atoms in total. The number of aryl methyl sites for hydroxylation is 2. The van der Waals surface area contributed by atoms with E-state index < -0.39 is 0 Å². The van der Waals surface area contributed by atoms with E-state index in [4.69, 9.17) is 4.52 Å². The van der Waals surface area contributed by atoms with Crippen molar-refractivity contribution >= 4 is 11.3 Å². The summed E-state index contributed by atoms with van der Waals surface area (Å²) < 4.78 is 5.16. The number of nitrogens with zero attached hydrogens (tertiary/aromatic N) is 1. The molecule has 1 unspecified atom stereocenters. The Bertz CT molecular complexity index is 456. The van der Waals surface area contributed by atoms with E-state index in [1.807, 2.05) is 13.8 Å². The fourth-order valence-corrected chi connectivity index (χ4v) is 2.84. The Hall–Kier alpha value is -1.13. The molecule has 0 aliphatic heterocycles. The molecule has 0 aliphatic carbocycles. The van der Waals surface area contributed by atoms with Crippen molar-refractivity contribution in [1.82, 2.24) is 10.5 Å². The molecular weight excluding hydrogens is 244 g/mol. The standard InChI is InChI=1S/C14H20N2OS/c1-10-13(12(3)17-16-10)6-4-8-15-11(2)14-7-5-9-18-14/h5,7,9,11,15H,4,6,8H2,1-3H3.